The molecule has 0 saturated carbocycles. The quantitative estimate of drug-likeness (QED) is 0.778. The van der Waals surface area contributed by atoms with Crippen molar-refractivity contribution in [3.63, 3.8) is 0 Å². The fraction of sp³-hybridized carbons (Fsp3) is 0.350. The van der Waals surface area contributed by atoms with Gasteiger partial charge < -0.3 is 0 Å². The lowest BCUT2D eigenvalue weighted by atomic mass is 9.84. The average molecular weight is 280 g/mol. The summed E-state index contributed by atoms with van der Waals surface area (Å²) in [5.41, 5.74) is 3.76. The van der Waals surface area contributed by atoms with Gasteiger partial charge in [-0.15, -0.1) is 0 Å². The first-order valence-corrected chi connectivity index (χ1v) is 7.53. The van der Waals surface area contributed by atoms with Gasteiger partial charge in [-0.2, -0.15) is 0 Å². The summed E-state index contributed by atoms with van der Waals surface area (Å²) in [6, 6.07) is 18.7. The molecule has 21 heavy (non-hydrogen) atoms. The third-order valence-electron chi connectivity index (χ3n) is 3.95. The standard InChI is InChI=1S/C20H24O/c1-15(21)19(14-16-8-6-5-7-9-16)17-10-12-18(13-11-17)20(2,3)4/h5-13,19H,14H2,1-4H3. The fourth-order valence-electron chi connectivity index (χ4n) is 2.56. The molecule has 0 spiro atoms. The lowest BCUT2D eigenvalue weighted by Gasteiger charge is -2.21. The lowest BCUT2D eigenvalue weighted by molar-refractivity contribution is -0.118. The molecule has 0 aliphatic carbocycles. The number of Topliss-reactive ketones (excluding diaryl/α,β-unsaturated/α-hetero) is 1. The second-order valence-corrected chi connectivity index (χ2v) is 6.72. The molecule has 2 aromatic rings. The summed E-state index contributed by atoms with van der Waals surface area (Å²) >= 11 is 0. The maximum atomic E-state index is 12.0. The molecule has 0 amide bonds. The summed E-state index contributed by atoms with van der Waals surface area (Å²) in [6.45, 7) is 8.29. The molecule has 0 aromatic heterocycles. The van der Waals surface area contributed by atoms with Gasteiger partial charge in [0.05, 0.1) is 0 Å². The van der Waals surface area contributed by atoms with E-state index in [1.165, 1.54) is 11.1 Å². The van der Waals surface area contributed by atoms with Crippen molar-refractivity contribution in [3.05, 3.63) is 71.3 Å². The number of hydrogen-bond acceptors (Lipinski definition) is 1. The Morgan fingerprint density at radius 3 is 2.00 bits per heavy atom. The number of hydrogen-bond donors (Lipinski definition) is 0. The van der Waals surface area contributed by atoms with Crippen LogP contribution in [0.3, 0.4) is 0 Å². The number of benzene rings is 2. The molecule has 1 atom stereocenters. The first-order chi connectivity index (χ1) is 9.88. The summed E-state index contributed by atoms with van der Waals surface area (Å²) in [7, 11) is 0. The Kier molecular flexibility index (Phi) is 4.62. The molecule has 110 valence electrons. The zero-order valence-corrected chi connectivity index (χ0v) is 13.4. The van der Waals surface area contributed by atoms with Gasteiger partial charge in [-0.25, -0.2) is 0 Å². The van der Waals surface area contributed by atoms with Gasteiger partial charge in [0.1, 0.15) is 5.78 Å². The Bertz CT molecular complexity index is 588. The third kappa shape index (κ3) is 4.04. The van der Waals surface area contributed by atoms with E-state index in [4.69, 9.17) is 0 Å². The van der Waals surface area contributed by atoms with Crippen LogP contribution in [0, 0.1) is 0 Å². The average Bonchev–Trinajstić information content (AvgIpc) is 2.45. The van der Waals surface area contributed by atoms with E-state index >= 15 is 0 Å². The predicted octanol–water partition coefficient (Wildman–Crippen LogP) is 4.90. The van der Waals surface area contributed by atoms with Crippen molar-refractivity contribution >= 4 is 5.78 Å². The largest absolute Gasteiger partial charge is 0.299 e. The highest BCUT2D eigenvalue weighted by Gasteiger charge is 2.19. The monoisotopic (exact) mass is 280 g/mol. The number of ketones is 1. The van der Waals surface area contributed by atoms with Crippen molar-refractivity contribution in [2.24, 2.45) is 0 Å². The van der Waals surface area contributed by atoms with Crippen LogP contribution in [0.25, 0.3) is 0 Å². The number of rotatable bonds is 4. The van der Waals surface area contributed by atoms with E-state index in [1.54, 1.807) is 6.92 Å². The van der Waals surface area contributed by atoms with Gasteiger partial charge in [0.2, 0.25) is 0 Å². The van der Waals surface area contributed by atoms with Crippen LogP contribution in [0.5, 0.6) is 0 Å². The Morgan fingerprint density at radius 1 is 0.952 bits per heavy atom. The molecular formula is C20H24O. The van der Waals surface area contributed by atoms with E-state index in [0.29, 0.717) is 0 Å². The fourth-order valence-corrected chi connectivity index (χ4v) is 2.56. The predicted molar refractivity (Wildman–Crippen MR) is 88.7 cm³/mol. The molecule has 0 heterocycles. The highest BCUT2D eigenvalue weighted by Crippen LogP contribution is 2.26. The topological polar surface area (TPSA) is 17.1 Å². The molecule has 0 fully saturated rings. The molecular weight excluding hydrogens is 256 g/mol. The Labute approximate surface area is 128 Å². The summed E-state index contributed by atoms with van der Waals surface area (Å²) in [5.74, 6) is 0.170. The first-order valence-electron chi connectivity index (χ1n) is 7.53. The normalized spacial score (nSPS) is 13.0. The second kappa shape index (κ2) is 6.26. The zero-order valence-electron chi connectivity index (χ0n) is 13.4. The van der Waals surface area contributed by atoms with Crippen molar-refractivity contribution in [2.45, 2.75) is 45.4 Å². The van der Waals surface area contributed by atoms with Gasteiger partial charge in [-0.05, 0) is 35.4 Å². The van der Waals surface area contributed by atoms with Crippen LogP contribution in [0.1, 0.15) is 50.3 Å². The zero-order chi connectivity index (χ0) is 15.5. The molecule has 0 aliphatic rings. The maximum Gasteiger partial charge on any atom is 0.137 e. The summed E-state index contributed by atoms with van der Waals surface area (Å²) in [4.78, 5) is 12.0. The smallest absolute Gasteiger partial charge is 0.137 e. The van der Waals surface area contributed by atoms with Gasteiger partial charge >= 0.3 is 0 Å². The molecule has 0 radical (unpaired) electrons. The molecule has 0 bridgehead atoms. The van der Waals surface area contributed by atoms with E-state index in [1.807, 2.05) is 18.2 Å². The Hall–Kier alpha value is -1.89. The van der Waals surface area contributed by atoms with Crippen molar-refractivity contribution < 1.29 is 4.79 Å². The van der Waals surface area contributed by atoms with E-state index in [-0.39, 0.29) is 17.1 Å². The van der Waals surface area contributed by atoms with Crippen molar-refractivity contribution in [1.82, 2.24) is 0 Å². The van der Waals surface area contributed by atoms with Crippen LogP contribution < -0.4 is 0 Å². The third-order valence-corrected chi connectivity index (χ3v) is 3.95. The Morgan fingerprint density at radius 2 is 1.52 bits per heavy atom. The second-order valence-electron chi connectivity index (χ2n) is 6.72. The molecule has 0 aliphatic heterocycles. The molecule has 0 N–H and O–H groups in total. The van der Waals surface area contributed by atoms with Gasteiger partial charge in [-0.1, -0.05) is 75.4 Å². The van der Waals surface area contributed by atoms with Crippen LogP contribution >= 0.6 is 0 Å². The highest BCUT2D eigenvalue weighted by molar-refractivity contribution is 5.83. The molecule has 1 nitrogen and oxygen atoms in total. The van der Waals surface area contributed by atoms with Crippen LogP contribution in [0.2, 0.25) is 0 Å². The van der Waals surface area contributed by atoms with E-state index in [2.05, 4.69) is 57.2 Å². The van der Waals surface area contributed by atoms with E-state index < -0.39 is 0 Å². The van der Waals surface area contributed by atoms with Crippen molar-refractivity contribution in [2.75, 3.05) is 0 Å². The van der Waals surface area contributed by atoms with Crippen LogP contribution in [0.4, 0.5) is 0 Å². The van der Waals surface area contributed by atoms with Gasteiger partial charge in [0, 0.05) is 5.92 Å². The van der Waals surface area contributed by atoms with Crippen LogP contribution in [-0.4, -0.2) is 5.78 Å². The van der Waals surface area contributed by atoms with Crippen molar-refractivity contribution in [3.8, 4) is 0 Å². The summed E-state index contributed by atoms with van der Waals surface area (Å²) < 4.78 is 0. The van der Waals surface area contributed by atoms with E-state index in [9.17, 15) is 4.79 Å². The molecule has 1 heteroatoms. The van der Waals surface area contributed by atoms with Crippen LogP contribution in [-0.2, 0) is 16.6 Å². The minimum absolute atomic E-state index is 0.0542. The highest BCUT2D eigenvalue weighted by atomic mass is 16.1. The molecule has 2 rings (SSSR count). The number of carbonyl (C=O) groups excluding carboxylic acids is 1. The first kappa shape index (κ1) is 15.5. The number of carbonyl (C=O) groups is 1. The molecule has 1 unspecified atom stereocenters. The molecule has 0 saturated heterocycles. The molecule has 2 aromatic carbocycles. The van der Waals surface area contributed by atoms with Gasteiger partial charge in [-0.3, -0.25) is 4.79 Å². The minimum atomic E-state index is -0.0542. The SMILES string of the molecule is CC(=O)C(Cc1ccccc1)c1ccc(C(C)(C)C)cc1. The maximum absolute atomic E-state index is 12.0. The minimum Gasteiger partial charge on any atom is -0.299 e. The Balaban J connectivity index is 2.25. The summed E-state index contributed by atoms with van der Waals surface area (Å²) in [5, 5.41) is 0. The summed E-state index contributed by atoms with van der Waals surface area (Å²) in [6.07, 6.45) is 0.769. The van der Waals surface area contributed by atoms with Gasteiger partial charge in [0.15, 0.2) is 0 Å². The van der Waals surface area contributed by atoms with Gasteiger partial charge in [0.25, 0.3) is 0 Å². The lowest BCUT2D eigenvalue weighted by Crippen LogP contribution is -2.14. The van der Waals surface area contributed by atoms with E-state index in [0.717, 1.165) is 12.0 Å². The van der Waals surface area contributed by atoms with Crippen LogP contribution in [0.15, 0.2) is 54.6 Å². The van der Waals surface area contributed by atoms with Crippen molar-refractivity contribution in [1.29, 1.82) is 0 Å².